The fourth-order valence-electron chi connectivity index (χ4n) is 4.01. The Kier molecular flexibility index (Phi) is 4.09. The molecule has 2 aromatic heterocycles. The van der Waals surface area contributed by atoms with Gasteiger partial charge in [0, 0.05) is 56.8 Å². The van der Waals surface area contributed by atoms with Crippen LogP contribution in [-0.4, -0.2) is 52.9 Å². The molecule has 1 amide bonds. The third kappa shape index (κ3) is 2.81. The van der Waals surface area contributed by atoms with Crippen molar-refractivity contribution in [3.63, 3.8) is 0 Å². The minimum Gasteiger partial charge on any atom is -0.369 e. The van der Waals surface area contributed by atoms with Gasteiger partial charge in [-0.2, -0.15) is 0 Å². The Morgan fingerprint density at radius 3 is 2.54 bits per heavy atom. The highest BCUT2D eigenvalue weighted by Gasteiger charge is 2.60. The summed E-state index contributed by atoms with van der Waals surface area (Å²) in [4.78, 5) is 24.2. The topological polar surface area (TPSA) is 49.3 Å². The molecule has 2 aliphatic rings. The van der Waals surface area contributed by atoms with Crippen LogP contribution in [0.25, 0.3) is 0 Å². The van der Waals surface area contributed by atoms with Gasteiger partial charge in [0.15, 0.2) is 0 Å². The van der Waals surface area contributed by atoms with Crippen LogP contribution in [0.2, 0.25) is 0 Å². The number of carbonyl (C=O) groups excluding carboxylic acids is 1. The highest BCUT2D eigenvalue weighted by molar-refractivity contribution is 5.94. The van der Waals surface area contributed by atoms with Crippen molar-refractivity contribution in [1.29, 1.82) is 0 Å². The van der Waals surface area contributed by atoms with Gasteiger partial charge in [0.1, 0.15) is 0 Å². The zero-order valence-electron chi connectivity index (χ0n) is 14.3. The molecule has 0 aliphatic carbocycles. The summed E-state index contributed by atoms with van der Waals surface area (Å²) >= 11 is 0. The van der Waals surface area contributed by atoms with Gasteiger partial charge in [-0.15, -0.1) is 0 Å². The molecule has 1 atom stereocenters. The Balaban J connectivity index is 1.57. The molecule has 26 heavy (non-hydrogen) atoms. The average Bonchev–Trinajstić information content (AvgIpc) is 3.11. The Labute approximate surface area is 150 Å². The van der Waals surface area contributed by atoms with Crippen molar-refractivity contribution in [2.75, 3.05) is 31.1 Å². The molecule has 0 bridgehead atoms. The van der Waals surface area contributed by atoms with E-state index >= 15 is 0 Å². The van der Waals surface area contributed by atoms with E-state index in [-0.39, 0.29) is 32.0 Å². The van der Waals surface area contributed by atoms with Gasteiger partial charge in [-0.1, -0.05) is 0 Å². The molecular weight excluding hydrogens is 338 g/mol. The number of halogens is 2. The van der Waals surface area contributed by atoms with E-state index in [0.717, 1.165) is 5.69 Å². The highest BCUT2D eigenvalue weighted by Crippen LogP contribution is 2.50. The summed E-state index contributed by atoms with van der Waals surface area (Å²) in [7, 11) is 0. The van der Waals surface area contributed by atoms with Crippen LogP contribution in [0, 0.1) is 5.41 Å². The van der Waals surface area contributed by atoms with Gasteiger partial charge in [0.25, 0.3) is 11.8 Å². The molecule has 0 aromatic carbocycles. The largest absolute Gasteiger partial charge is 0.369 e. The van der Waals surface area contributed by atoms with E-state index in [9.17, 15) is 13.6 Å². The predicted octanol–water partition coefficient (Wildman–Crippen LogP) is 2.85. The molecule has 1 spiro atoms. The number of amides is 1. The summed E-state index contributed by atoms with van der Waals surface area (Å²) in [6.07, 6.45) is 6.50. The van der Waals surface area contributed by atoms with Crippen LogP contribution in [0.3, 0.4) is 0 Å². The summed E-state index contributed by atoms with van der Waals surface area (Å²) in [6, 6.07) is 6.93. The second-order valence-corrected chi connectivity index (χ2v) is 7.08. The number of alkyl halides is 2. The molecule has 2 saturated heterocycles. The summed E-state index contributed by atoms with van der Waals surface area (Å²) in [5.74, 6) is -3.00. The normalized spacial score (nSPS) is 24.8. The van der Waals surface area contributed by atoms with Gasteiger partial charge in [0.05, 0.1) is 17.3 Å². The first-order chi connectivity index (χ1) is 12.5. The molecule has 136 valence electrons. The van der Waals surface area contributed by atoms with Crippen LogP contribution in [0.15, 0.2) is 49.1 Å². The van der Waals surface area contributed by atoms with E-state index in [1.54, 1.807) is 47.9 Å². The monoisotopic (exact) mass is 358 g/mol. The van der Waals surface area contributed by atoms with Gasteiger partial charge < -0.3 is 9.80 Å². The van der Waals surface area contributed by atoms with E-state index in [1.807, 2.05) is 11.0 Å². The smallest absolute Gasteiger partial charge is 0.258 e. The lowest BCUT2D eigenvalue weighted by atomic mass is 9.75. The number of hydrogen-bond acceptors (Lipinski definition) is 4. The maximum atomic E-state index is 14.9. The molecule has 4 heterocycles. The lowest BCUT2D eigenvalue weighted by Crippen LogP contribution is -2.58. The molecule has 0 saturated carbocycles. The molecule has 0 unspecified atom stereocenters. The van der Waals surface area contributed by atoms with Crippen molar-refractivity contribution >= 4 is 11.6 Å². The van der Waals surface area contributed by atoms with E-state index in [2.05, 4.69) is 9.97 Å². The summed E-state index contributed by atoms with van der Waals surface area (Å²) in [5, 5.41) is 0. The summed E-state index contributed by atoms with van der Waals surface area (Å²) < 4.78 is 29.8. The van der Waals surface area contributed by atoms with E-state index in [1.165, 1.54) is 0 Å². The lowest BCUT2D eigenvalue weighted by Gasteiger charge is -2.46. The van der Waals surface area contributed by atoms with E-state index in [0.29, 0.717) is 18.5 Å². The number of likely N-dealkylation sites (tertiary alicyclic amines) is 1. The molecule has 0 N–H and O–H groups in total. The van der Waals surface area contributed by atoms with Crippen LogP contribution in [0.1, 0.15) is 23.2 Å². The number of anilines is 1. The quantitative estimate of drug-likeness (QED) is 0.828. The second kappa shape index (κ2) is 6.30. The number of piperidine rings is 1. The number of rotatable bonds is 2. The minimum absolute atomic E-state index is 0.0674. The molecule has 0 radical (unpaired) electrons. The third-order valence-corrected chi connectivity index (χ3v) is 5.54. The van der Waals surface area contributed by atoms with Crippen molar-refractivity contribution in [1.82, 2.24) is 14.9 Å². The van der Waals surface area contributed by atoms with Crippen molar-refractivity contribution in [2.45, 2.75) is 18.8 Å². The molecule has 2 aliphatic heterocycles. The van der Waals surface area contributed by atoms with E-state index < -0.39 is 11.3 Å². The number of hydrogen-bond donors (Lipinski definition) is 0. The van der Waals surface area contributed by atoms with Gasteiger partial charge in [0.2, 0.25) is 0 Å². The van der Waals surface area contributed by atoms with Crippen molar-refractivity contribution in [3.05, 3.63) is 54.6 Å². The first-order valence-corrected chi connectivity index (χ1v) is 8.73. The fourth-order valence-corrected chi connectivity index (χ4v) is 4.01. The lowest BCUT2D eigenvalue weighted by molar-refractivity contribution is -0.150. The Bertz CT molecular complexity index is 787. The van der Waals surface area contributed by atoms with Crippen LogP contribution < -0.4 is 4.90 Å². The number of carbonyl (C=O) groups is 1. The van der Waals surface area contributed by atoms with Gasteiger partial charge in [-0.3, -0.25) is 14.8 Å². The maximum absolute atomic E-state index is 14.9. The maximum Gasteiger partial charge on any atom is 0.258 e. The van der Waals surface area contributed by atoms with E-state index in [4.69, 9.17) is 0 Å². The van der Waals surface area contributed by atoms with Gasteiger partial charge >= 0.3 is 0 Å². The average molecular weight is 358 g/mol. The molecule has 7 heteroatoms. The first kappa shape index (κ1) is 16.9. The molecule has 4 rings (SSSR count). The second-order valence-electron chi connectivity index (χ2n) is 7.08. The van der Waals surface area contributed by atoms with Crippen LogP contribution >= 0.6 is 0 Å². The van der Waals surface area contributed by atoms with Crippen LogP contribution in [-0.2, 0) is 0 Å². The Morgan fingerprint density at radius 2 is 1.81 bits per heavy atom. The predicted molar refractivity (Wildman–Crippen MR) is 93.2 cm³/mol. The van der Waals surface area contributed by atoms with Crippen molar-refractivity contribution in [3.8, 4) is 0 Å². The fraction of sp³-hybridized carbons (Fsp3) is 0.421. The molecule has 5 nitrogen and oxygen atoms in total. The van der Waals surface area contributed by atoms with Crippen molar-refractivity contribution < 1.29 is 13.6 Å². The zero-order chi connectivity index (χ0) is 18.2. The minimum atomic E-state index is -2.79. The van der Waals surface area contributed by atoms with Crippen LogP contribution in [0.5, 0.6) is 0 Å². The molecule has 2 aromatic rings. The number of aromatic nitrogens is 2. The third-order valence-electron chi connectivity index (χ3n) is 5.54. The van der Waals surface area contributed by atoms with Crippen LogP contribution in [0.4, 0.5) is 14.5 Å². The highest BCUT2D eigenvalue weighted by atomic mass is 19.3. The number of nitrogens with zero attached hydrogens (tertiary/aromatic N) is 4. The number of pyridine rings is 2. The Morgan fingerprint density at radius 1 is 1.00 bits per heavy atom. The van der Waals surface area contributed by atoms with Crippen molar-refractivity contribution in [2.24, 2.45) is 5.41 Å². The first-order valence-electron chi connectivity index (χ1n) is 8.73. The zero-order valence-corrected chi connectivity index (χ0v) is 14.3. The molecular formula is C19H20F2N4O. The SMILES string of the molecule is O=C(c1ccncc1)N1CCC(F)(F)[C@]2(CCN(c3cccnc3)C2)C1. The molecule has 2 fully saturated rings. The Hall–Kier alpha value is -2.57. The van der Waals surface area contributed by atoms with Gasteiger partial charge in [-0.05, 0) is 30.7 Å². The summed E-state index contributed by atoms with van der Waals surface area (Å²) in [6.45, 7) is 0.908. The van der Waals surface area contributed by atoms with Gasteiger partial charge in [-0.25, -0.2) is 8.78 Å². The summed E-state index contributed by atoms with van der Waals surface area (Å²) in [5.41, 5.74) is 0.115. The standard InChI is InChI=1S/C19H20F2N4O/c20-19(21)6-11-25(17(26)15-3-8-22-9-4-15)14-18(19)5-10-24(13-18)16-2-1-7-23-12-16/h1-4,7-9,12H,5-6,10-11,13-14H2/t18-/m0/s1.